The van der Waals surface area contributed by atoms with Gasteiger partial charge in [-0.1, -0.05) is 12.1 Å². The summed E-state index contributed by atoms with van der Waals surface area (Å²) in [7, 11) is 1.76. The highest BCUT2D eigenvalue weighted by Gasteiger charge is 2.19. The monoisotopic (exact) mass is 597 g/mol. The SMILES string of the molecule is Cc1c(NC(=O)c2cc3c(s2)CCCC3)cccc1-c1cc(Nc2ccc(N3CCN(CCO)CC3)cc2)c(=O)n(C)c1. The largest absolute Gasteiger partial charge is 0.395 e. The molecule has 2 aromatic heterocycles. The molecule has 1 fully saturated rings. The van der Waals surface area contributed by atoms with Gasteiger partial charge in [0.15, 0.2) is 0 Å². The fraction of sp³-hybridized carbons (Fsp3) is 0.353. The highest BCUT2D eigenvalue weighted by atomic mass is 32.1. The van der Waals surface area contributed by atoms with Crippen molar-refractivity contribution in [2.45, 2.75) is 32.6 Å². The number of fused-ring (bicyclic) bond motifs is 1. The van der Waals surface area contributed by atoms with Crippen molar-refractivity contribution in [1.29, 1.82) is 0 Å². The lowest BCUT2D eigenvalue weighted by atomic mass is 9.99. The van der Waals surface area contributed by atoms with Crippen molar-refractivity contribution in [2.24, 2.45) is 7.05 Å². The molecule has 0 saturated carbocycles. The molecule has 1 aliphatic heterocycles. The van der Waals surface area contributed by atoms with Crippen LogP contribution in [0.15, 0.2) is 65.6 Å². The maximum atomic E-state index is 13.2. The number of β-amino-alcohol motifs (C(OH)–C–C–N with tert-alkyl or cyclic N) is 1. The van der Waals surface area contributed by atoms with E-state index in [-0.39, 0.29) is 18.1 Å². The molecule has 1 aliphatic carbocycles. The fourth-order valence-electron chi connectivity index (χ4n) is 6.10. The molecule has 0 unspecified atom stereocenters. The molecule has 4 aromatic rings. The van der Waals surface area contributed by atoms with Crippen molar-refractivity contribution < 1.29 is 9.90 Å². The molecule has 43 heavy (non-hydrogen) atoms. The molecule has 224 valence electrons. The lowest BCUT2D eigenvalue weighted by Crippen LogP contribution is -2.47. The summed E-state index contributed by atoms with van der Waals surface area (Å²) in [4.78, 5) is 33.0. The number of aliphatic hydroxyl groups is 1. The van der Waals surface area contributed by atoms with Crippen molar-refractivity contribution in [3.8, 4) is 11.1 Å². The highest BCUT2D eigenvalue weighted by molar-refractivity contribution is 7.14. The molecule has 1 saturated heterocycles. The van der Waals surface area contributed by atoms with Crippen LogP contribution in [0.2, 0.25) is 0 Å². The first kappa shape index (κ1) is 29.2. The predicted octanol–water partition coefficient (Wildman–Crippen LogP) is 5.41. The van der Waals surface area contributed by atoms with Crippen LogP contribution in [-0.2, 0) is 19.9 Å². The zero-order chi connectivity index (χ0) is 29.9. The lowest BCUT2D eigenvalue weighted by Gasteiger charge is -2.35. The second-order valence-electron chi connectivity index (χ2n) is 11.5. The van der Waals surface area contributed by atoms with Crippen LogP contribution in [0.25, 0.3) is 11.1 Å². The summed E-state index contributed by atoms with van der Waals surface area (Å²) in [5, 5.41) is 15.7. The van der Waals surface area contributed by atoms with Crippen molar-refractivity contribution in [1.82, 2.24) is 9.47 Å². The maximum Gasteiger partial charge on any atom is 0.274 e. The van der Waals surface area contributed by atoms with E-state index in [9.17, 15) is 14.7 Å². The minimum absolute atomic E-state index is 0.0713. The first-order valence-electron chi connectivity index (χ1n) is 15.1. The first-order valence-corrected chi connectivity index (χ1v) is 15.9. The zero-order valence-electron chi connectivity index (χ0n) is 24.9. The Morgan fingerprint density at radius 1 is 0.977 bits per heavy atom. The Hall–Kier alpha value is -3.92. The van der Waals surface area contributed by atoms with Crippen LogP contribution in [0.4, 0.5) is 22.7 Å². The molecule has 3 heterocycles. The second-order valence-corrected chi connectivity index (χ2v) is 12.6. The molecule has 6 rings (SSSR count). The van der Waals surface area contributed by atoms with Crippen LogP contribution in [0.5, 0.6) is 0 Å². The van der Waals surface area contributed by atoms with Crippen molar-refractivity contribution >= 4 is 40.0 Å². The molecule has 1 amide bonds. The minimum Gasteiger partial charge on any atom is -0.395 e. The minimum atomic E-state index is -0.114. The average molecular weight is 598 g/mol. The van der Waals surface area contributed by atoms with E-state index in [2.05, 4.69) is 38.6 Å². The number of aliphatic hydroxyl groups excluding tert-OH is 1. The van der Waals surface area contributed by atoms with Gasteiger partial charge in [0.1, 0.15) is 5.69 Å². The molecule has 0 radical (unpaired) electrons. The number of pyridine rings is 1. The van der Waals surface area contributed by atoms with Crippen LogP contribution < -0.4 is 21.1 Å². The zero-order valence-corrected chi connectivity index (χ0v) is 25.7. The number of aryl methyl sites for hydroxylation is 3. The van der Waals surface area contributed by atoms with E-state index in [4.69, 9.17) is 0 Å². The number of hydrogen-bond acceptors (Lipinski definition) is 7. The number of amides is 1. The van der Waals surface area contributed by atoms with Crippen LogP contribution >= 0.6 is 11.3 Å². The number of nitrogens with zero attached hydrogens (tertiary/aromatic N) is 3. The number of piperazine rings is 1. The number of hydrogen-bond donors (Lipinski definition) is 3. The molecular weight excluding hydrogens is 558 g/mol. The third-order valence-corrected chi connectivity index (χ3v) is 9.83. The second kappa shape index (κ2) is 12.8. The van der Waals surface area contributed by atoms with E-state index < -0.39 is 0 Å². The van der Waals surface area contributed by atoms with E-state index in [0.717, 1.165) is 84.2 Å². The lowest BCUT2D eigenvalue weighted by molar-refractivity contribution is 0.103. The van der Waals surface area contributed by atoms with Crippen LogP contribution in [-0.4, -0.2) is 59.8 Å². The molecule has 0 spiro atoms. The van der Waals surface area contributed by atoms with E-state index in [1.165, 1.54) is 23.3 Å². The summed E-state index contributed by atoms with van der Waals surface area (Å²) in [6, 6.07) is 18.0. The van der Waals surface area contributed by atoms with Crippen LogP contribution in [0.3, 0.4) is 0 Å². The molecule has 8 nitrogen and oxygen atoms in total. The molecular formula is C34H39N5O3S. The number of thiophene rings is 1. The maximum absolute atomic E-state index is 13.2. The standard InChI is InChI=1S/C34H39N5O3S/c1-23-28(7-5-8-29(23)36-33(41)32-21-24-6-3-4-9-31(24)43-32)25-20-30(34(42)37(2)22-25)35-26-10-12-27(13-11-26)39-16-14-38(15-17-39)18-19-40/h5,7-8,10-13,20-22,35,40H,3-4,6,9,14-19H2,1-2H3,(H,36,41). The van der Waals surface area contributed by atoms with Crippen LogP contribution in [0.1, 0.15) is 38.5 Å². The topological polar surface area (TPSA) is 89.8 Å². The summed E-state index contributed by atoms with van der Waals surface area (Å²) in [6.45, 7) is 6.63. The van der Waals surface area contributed by atoms with Gasteiger partial charge in [0, 0.05) is 73.5 Å². The van der Waals surface area contributed by atoms with Gasteiger partial charge in [-0.2, -0.15) is 0 Å². The molecule has 9 heteroatoms. The third-order valence-electron chi connectivity index (χ3n) is 8.60. The van der Waals surface area contributed by atoms with Crippen molar-refractivity contribution in [3.63, 3.8) is 0 Å². The summed E-state index contributed by atoms with van der Waals surface area (Å²) >= 11 is 1.61. The van der Waals surface area contributed by atoms with Gasteiger partial charge in [-0.05, 0) is 91.8 Å². The van der Waals surface area contributed by atoms with Gasteiger partial charge in [-0.25, -0.2) is 0 Å². The smallest absolute Gasteiger partial charge is 0.274 e. The predicted molar refractivity (Wildman–Crippen MR) is 176 cm³/mol. The summed E-state index contributed by atoms with van der Waals surface area (Å²) in [5.41, 5.74) is 7.25. The molecule has 0 bridgehead atoms. The Morgan fingerprint density at radius 3 is 2.49 bits per heavy atom. The van der Waals surface area contributed by atoms with Gasteiger partial charge < -0.3 is 25.2 Å². The third kappa shape index (κ3) is 6.39. The number of anilines is 4. The van der Waals surface area contributed by atoms with E-state index in [1.54, 1.807) is 23.0 Å². The number of carbonyl (C=O) groups is 1. The van der Waals surface area contributed by atoms with Gasteiger partial charge in [-0.3, -0.25) is 14.5 Å². The highest BCUT2D eigenvalue weighted by Crippen LogP contribution is 2.33. The molecule has 3 N–H and O–H groups in total. The Morgan fingerprint density at radius 2 is 1.74 bits per heavy atom. The number of rotatable bonds is 8. The first-order chi connectivity index (χ1) is 20.9. The van der Waals surface area contributed by atoms with E-state index in [0.29, 0.717) is 5.69 Å². The summed E-state index contributed by atoms with van der Waals surface area (Å²) in [6.07, 6.45) is 6.36. The Labute approximate surface area is 256 Å². The molecule has 2 aromatic carbocycles. The van der Waals surface area contributed by atoms with Crippen molar-refractivity contribution in [2.75, 3.05) is 54.9 Å². The van der Waals surface area contributed by atoms with Gasteiger partial charge in [0.05, 0.1) is 11.5 Å². The van der Waals surface area contributed by atoms with Gasteiger partial charge >= 0.3 is 0 Å². The van der Waals surface area contributed by atoms with Gasteiger partial charge in [-0.15, -0.1) is 11.3 Å². The van der Waals surface area contributed by atoms with Crippen LogP contribution in [0, 0.1) is 6.92 Å². The fourth-order valence-corrected chi connectivity index (χ4v) is 7.25. The number of carbonyl (C=O) groups excluding carboxylic acids is 1. The van der Waals surface area contributed by atoms with Gasteiger partial charge in [0.2, 0.25) is 0 Å². The summed E-state index contributed by atoms with van der Waals surface area (Å²) in [5.74, 6) is -0.0713. The normalized spacial score (nSPS) is 15.3. The number of aromatic nitrogens is 1. The molecule has 0 atom stereocenters. The Balaban J connectivity index is 1.19. The number of benzene rings is 2. The summed E-state index contributed by atoms with van der Waals surface area (Å²) < 4.78 is 1.60. The van der Waals surface area contributed by atoms with Crippen molar-refractivity contribution in [3.05, 3.63) is 92.0 Å². The Kier molecular flexibility index (Phi) is 8.65. The van der Waals surface area contributed by atoms with E-state index in [1.807, 2.05) is 49.5 Å². The average Bonchev–Trinajstić information content (AvgIpc) is 3.46. The number of nitrogens with one attached hydrogen (secondary N) is 2. The van der Waals surface area contributed by atoms with Gasteiger partial charge in [0.25, 0.3) is 11.5 Å². The quantitative estimate of drug-likeness (QED) is 0.252. The van der Waals surface area contributed by atoms with E-state index >= 15 is 0 Å². The molecule has 2 aliphatic rings. The Bertz CT molecular complexity index is 1650.